The molecule has 1 saturated carbocycles. The molecule has 1 aliphatic carbocycles. The van der Waals surface area contributed by atoms with Gasteiger partial charge in [-0.05, 0) is 49.4 Å². The zero-order valence-corrected chi connectivity index (χ0v) is 16.1. The number of rotatable bonds is 6. The van der Waals surface area contributed by atoms with Gasteiger partial charge in [-0.3, -0.25) is 19.7 Å². The molecule has 1 unspecified atom stereocenters. The zero-order valence-electron chi connectivity index (χ0n) is 16.1. The lowest BCUT2D eigenvalue weighted by Crippen LogP contribution is -2.52. The maximum atomic E-state index is 12.9. The van der Waals surface area contributed by atoms with Crippen LogP contribution >= 0.6 is 0 Å². The number of hydrogen-bond acceptors (Lipinski definition) is 5. The summed E-state index contributed by atoms with van der Waals surface area (Å²) in [5.41, 5.74) is 8.70. The molecule has 3 aliphatic rings. The Balaban J connectivity index is 1.51. The highest BCUT2D eigenvalue weighted by molar-refractivity contribution is 6.05. The lowest BCUT2D eigenvalue weighted by Gasteiger charge is -2.31. The van der Waals surface area contributed by atoms with E-state index >= 15 is 0 Å². The maximum Gasteiger partial charge on any atom is 0.255 e. The molecule has 28 heavy (non-hydrogen) atoms. The second-order valence-corrected chi connectivity index (χ2v) is 8.22. The minimum absolute atomic E-state index is 0.101. The third-order valence-corrected chi connectivity index (χ3v) is 6.52. The highest BCUT2D eigenvalue weighted by Crippen LogP contribution is 2.34. The Kier molecular flexibility index (Phi) is 5.21. The van der Waals surface area contributed by atoms with Gasteiger partial charge in [0.25, 0.3) is 5.91 Å². The number of nitrogens with zero attached hydrogens (tertiary/aromatic N) is 1. The van der Waals surface area contributed by atoms with Gasteiger partial charge in [-0.1, -0.05) is 25.0 Å². The Bertz CT molecular complexity index is 801. The van der Waals surface area contributed by atoms with Crippen LogP contribution in [0, 0.1) is 0 Å². The van der Waals surface area contributed by atoms with Crippen LogP contribution in [0.2, 0.25) is 0 Å². The van der Waals surface area contributed by atoms with Crippen molar-refractivity contribution in [1.29, 1.82) is 0 Å². The van der Waals surface area contributed by atoms with E-state index in [2.05, 4.69) is 16.7 Å². The van der Waals surface area contributed by atoms with Crippen LogP contribution in [0.15, 0.2) is 18.2 Å². The normalized spacial score (nSPS) is 23.8. The lowest BCUT2D eigenvalue weighted by atomic mass is 9.92. The van der Waals surface area contributed by atoms with E-state index in [4.69, 9.17) is 5.73 Å². The minimum atomic E-state index is -0.572. The third kappa shape index (κ3) is 3.44. The van der Waals surface area contributed by atoms with Gasteiger partial charge >= 0.3 is 0 Å². The van der Waals surface area contributed by atoms with Crippen LogP contribution in [-0.4, -0.2) is 40.7 Å². The standard InChI is InChI=1S/C21H28N4O3/c22-11-10-21(8-1-2-9-21)23-12-14-4-3-5-15-16(14)13-25(20(15)28)17-6-7-18(26)24-19(17)27/h3-5,17,23H,1-2,6-13,22H2,(H,24,26,27). The molecule has 0 bridgehead atoms. The number of benzene rings is 1. The largest absolute Gasteiger partial charge is 0.330 e. The second-order valence-electron chi connectivity index (χ2n) is 8.22. The van der Waals surface area contributed by atoms with E-state index in [1.54, 1.807) is 4.90 Å². The Morgan fingerprint density at radius 2 is 2.00 bits per heavy atom. The molecule has 2 aliphatic heterocycles. The fourth-order valence-electron chi connectivity index (χ4n) is 4.94. The number of amides is 3. The van der Waals surface area contributed by atoms with Crippen molar-refractivity contribution < 1.29 is 14.4 Å². The molecule has 2 fully saturated rings. The molecular weight excluding hydrogens is 356 g/mol. The summed E-state index contributed by atoms with van der Waals surface area (Å²) in [6.45, 7) is 1.78. The molecule has 1 saturated heterocycles. The van der Waals surface area contributed by atoms with Crippen molar-refractivity contribution in [3.8, 4) is 0 Å². The number of fused-ring (bicyclic) bond motifs is 1. The molecule has 7 heteroatoms. The molecule has 150 valence electrons. The van der Waals surface area contributed by atoms with Gasteiger partial charge in [0.05, 0.1) is 0 Å². The van der Waals surface area contributed by atoms with Crippen molar-refractivity contribution in [2.75, 3.05) is 6.54 Å². The Labute approximate surface area is 165 Å². The first kappa shape index (κ1) is 19.1. The van der Waals surface area contributed by atoms with Crippen molar-refractivity contribution >= 4 is 17.7 Å². The van der Waals surface area contributed by atoms with Crippen molar-refractivity contribution in [2.45, 2.75) is 69.6 Å². The maximum absolute atomic E-state index is 12.9. The molecule has 1 atom stereocenters. The number of imide groups is 1. The molecule has 1 aromatic carbocycles. The van der Waals surface area contributed by atoms with Crippen LogP contribution < -0.4 is 16.4 Å². The minimum Gasteiger partial charge on any atom is -0.330 e. The van der Waals surface area contributed by atoms with Gasteiger partial charge in [0.15, 0.2) is 0 Å². The SMILES string of the molecule is NCCC1(NCc2cccc3c2CN(C2CCC(=O)NC2=O)C3=O)CCCC1. The summed E-state index contributed by atoms with van der Waals surface area (Å²) < 4.78 is 0. The van der Waals surface area contributed by atoms with Crippen molar-refractivity contribution in [2.24, 2.45) is 5.73 Å². The Morgan fingerprint density at radius 1 is 1.21 bits per heavy atom. The van der Waals surface area contributed by atoms with E-state index in [1.807, 2.05) is 12.1 Å². The van der Waals surface area contributed by atoms with E-state index in [1.165, 1.54) is 12.8 Å². The molecule has 2 heterocycles. The summed E-state index contributed by atoms with van der Waals surface area (Å²) in [5, 5.41) is 6.09. The third-order valence-electron chi connectivity index (χ3n) is 6.52. The van der Waals surface area contributed by atoms with Crippen LogP contribution in [0.1, 0.15) is 66.4 Å². The molecule has 0 aromatic heterocycles. The monoisotopic (exact) mass is 384 g/mol. The summed E-state index contributed by atoms with van der Waals surface area (Å²) in [6, 6.07) is 5.22. The first-order valence-electron chi connectivity index (χ1n) is 10.2. The number of carbonyl (C=O) groups excluding carboxylic acids is 3. The smallest absolute Gasteiger partial charge is 0.255 e. The van der Waals surface area contributed by atoms with Gasteiger partial charge in [-0.25, -0.2) is 0 Å². The Hall–Kier alpha value is -2.25. The predicted octanol–water partition coefficient (Wildman–Crippen LogP) is 1.20. The number of piperidine rings is 1. The average Bonchev–Trinajstić information content (AvgIpc) is 3.26. The second kappa shape index (κ2) is 7.64. The first-order chi connectivity index (χ1) is 13.5. The summed E-state index contributed by atoms with van der Waals surface area (Å²) in [7, 11) is 0. The van der Waals surface area contributed by atoms with Crippen LogP contribution in [-0.2, 0) is 22.7 Å². The van der Waals surface area contributed by atoms with E-state index in [9.17, 15) is 14.4 Å². The van der Waals surface area contributed by atoms with E-state index in [-0.39, 0.29) is 29.7 Å². The number of nitrogens with two attached hydrogens (primary N) is 1. The number of nitrogens with one attached hydrogen (secondary N) is 2. The molecule has 4 rings (SSSR count). The van der Waals surface area contributed by atoms with Crippen LogP contribution in [0.3, 0.4) is 0 Å². The van der Waals surface area contributed by atoms with E-state index in [0.29, 0.717) is 31.6 Å². The Morgan fingerprint density at radius 3 is 2.71 bits per heavy atom. The van der Waals surface area contributed by atoms with Crippen LogP contribution in [0.5, 0.6) is 0 Å². The molecule has 0 spiro atoms. The molecule has 4 N–H and O–H groups in total. The van der Waals surface area contributed by atoms with E-state index in [0.717, 1.165) is 30.4 Å². The molecule has 3 amide bonds. The predicted molar refractivity (Wildman–Crippen MR) is 104 cm³/mol. The number of hydrogen-bond donors (Lipinski definition) is 3. The van der Waals surface area contributed by atoms with Gasteiger partial charge in [0.2, 0.25) is 11.8 Å². The fourth-order valence-corrected chi connectivity index (χ4v) is 4.94. The summed E-state index contributed by atoms with van der Waals surface area (Å²) >= 11 is 0. The van der Waals surface area contributed by atoms with Gasteiger partial charge in [-0.2, -0.15) is 0 Å². The molecular formula is C21H28N4O3. The number of carbonyl (C=O) groups is 3. The van der Waals surface area contributed by atoms with Gasteiger partial charge < -0.3 is 16.0 Å². The zero-order chi connectivity index (χ0) is 19.7. The van der Waals surface area contributed by atoms with Gasteiger partial charge in [0.1, 0.15) is 6.04 Å². The first-order valence-corrected chi connectivity index (χ1v) is 10.2. The van der Waals surface area contributed by atoms with Crippen molar-refractivity contribution in [3.63, 3.8) is 0 Å². The summed E-state index contributed by atoms with van der Waals surface area (Å²) in [6.07, 6.45) is 6.35. The van der Waals surface area contributed by atoms with Crippen molar-refractivity contribution in [3.05, 3.63) is 34.9 Å². The quantitative estimate of drug-likeness (QED) is 0.639. The van der Waals surface area contributed by atoms with Crippen LogP contribution in [0.25, 0.3) is 0 Å². The average molecular weight is 384 g/mol. The summed E-state index contributed by atoms with van der Waals surface area (Å²) in [4.78, 5) is 38.2. The van der Waals surface area contributed by atoms with Crippen LogP contribution in [0.4, 0.5) is 0 Å². The summed E-state index contributed by atoms with van der Waals surface area (Å²) in [5.74, 6) is -0.758. The van der Waals surface area contributed by atoms with E-state index < -0.39 is 6.04 Å². The molecule has 1 aromatic rings. The van der Waals surface area contributed by atoms with Gasteiger partial charge in [-0.15, -0.1) is 0 Å². The molecule has 0 radical (unpaired) electrons. The molecule has 7 nitrogen and oxygen atoms in total. The van der Waals surface area contributed by atoms with Gasteiger partial charge in [0, 0.05) is 30.6 Å². The topological polar surface area (TPSA) is 105 Å². The lowest BCUT2D eigenvalue weighted by molar-refractivity contribution is -0.136. The highest BCUT2D eigenvalue weighted by atomic mass is 16.2. The van der Waals surface area contributed by atoms with Crippen molar-refractivity contribution in [1.82, 2.24) is 15.5 Å². The fraction of sp³-hybridized carbons (Fsp3) is 0.571. The highest BCUT2D eigenvalue weighted by Gasteiger charge is 2.40.